The number of methoxy groups -OCH3 is 2. The molecule has 0 spiro atoms. The van der Waals surface area contributed by atoms with Crippen molar-refractivity contribution in [1.82, 2.24) is 0 Å². The van der Waals surface area contributed by atoms with Crippen LogP contribution < -0.4 is 5.32 Å². The van der Waals surface area contributed by atoms with Gasteiger partial charge in [0.25, 0.3) is 5.91 Å². The second-order valence-electron chi connectivity index (χ2n) is 7.39. The fourth-order valence-corrected chi connectivity index (χ4v) is 3.42. The van der Waals surface area contributed by atoms with Crippen molar-refractivity contribution in [3.8, 4) is 5.75 Å². The highest BCUT2D eigenvalue weighted by Gasteiger charge is 2.35. The molecule has 3 rings (SSSR count). The number of alkyl halides is 3. The standard InChI is InChI=1S/C24H20F3NO6/c1-12-16(20(31)22(34-3)21(33-2)19(12)30)10-13-4-9-18(29)17(11-13)23(32)28-15-7-5-14(6-8-15)24(25,26)27/h4-9,11,29H,10H2,1-3H3,(H,28,32). The highest BCUT2D eigenvalue weighted by molar-refractivity contribution is 6.23. The number of nitrogens with one attached hydrogen (secondary N) is 1. The zero-order valence-corrected chi connectivity index (χ0v) is 18.4. The third-order valence-corrected chi connectivity index (χ3v) is 5.25. The van der Waals surface area contributed by atoms with E-state index < -0.39 is 29.2 Å². The summed E-state index contributed by atoms with van der Waals surface area (Å²) in [5.74, 6) is -2.62. The largest absolute Gasteiger partial charge is 0.507 e. The molecule has 0 aromatic heterocycles. The van der Waals surface area contributed by atoms with Gasteiger partial charge in [0.15, 0.2) is 0 Å². The van der Waals surface area contributed by atoms with Crippen LogP contribution >= 0.6 is 0 Å². The average Bonchev–Trinajstić information content (AvgIpc) is 2.79. The summed E-state index contributed by atoms with van der Waals surface area (Å²) in [4.78, 5) is 38.0. The molecule has 10 heteroatoms. The maximum atomic E-state index is 12.8. The minimum atomic E-state index is -4.51. The number of rotatable bonds is 6. The normalized spacial score (nSPS) is 14.4. The van der Waals surface area contributed by atoms with Gasteiger partial charge in [-0.25, -0.2) is 0 Å². The van der Waals surface area contributed by atoms with Crippen LogP contribution in [0.4, 0.5) is 18.9 Å². The molecule has 2 N–H and O–H groups in total. The number of anilines is 1. The highest BCUT2D eigenvalue weighted by Crippen LogP contribution is 2.31. The van der Waals surface area contributed by atoms with Crippen LogP contribution in [-0.2, 0) is 31.7 Å². The van der Waals surface area contributed by atoms with E-state index in [9.17, 15) is 32.7 Å². The van der Waals surface area contributed by atoms with Crippen LogP contribution in [0.15, 0.2) is 65.1 Å². The van der Waals surface area contributed by atoms with E-state index in [2.05, 4.69) is 5.32 Å². The summed E-state index contributed by atoms with van der Waals surface area (Å²) < 4.78 is 48.2. The van der Waals surface area contributed by atoms with E-state index in [1.165, 1.54) is 39.3 Å². The highest BCUT2D eigenvalue weighted by atomic mass is 19.4. The van der Waals surface area contributed by atoms with Crippen LogP contribution in [0.5, 0.6) is 5.75 Å². The molecule has 0 bridgehead atoms. The topological polar surface area (TPSA) is 102 Å². The first-order valence-corrected chi connectivity index (χ1v) is 9.89. The molecule has 0 atom stereocenters. The molecule has 0 saturated carbocycles. The molecule has 0 radical (unpaired) electrons. The second-order valence-corrected chi connectivity index (χ2v) is 7.39. The maximum absolute atomic E-state index is 12.8. The molecule has 0 aliphatic heterocycles. The smallest absolute Gasteiger partial charge is 0.416 e. The summed E-state index contributed by atoms with van der Waals surface area (Å²) >= 11 is 0. The Labute approximate surface area is 192 Å². The number of hydrogen-bond donors (Lipinski definition) is 2. The van der Waals surface area contributed by atoms with Crippen LogP contribution in [0.25, 0.3) is 0 Å². The minimum absolute atomic E-state index is 0.0406. The number of phenolic OH excluding ortho intramolecular Hbond substituents is 1. The molecule has 1 amide bonds. The lowest BCUT2D eigenvalue weighted by molar-refractivity contribution is -0.137. The summed E-state index contributed by atoms with van der Waals surface area (Å²) in [6, 6.07) is 7.88. The first kappa shape index (κ1) is 24.6. The molecule has 0 saturated heterocycles. The van der Waals surface area contributed by atoms with E-state index in [1.54, 1.807) is 0 Å². The van der Waals surface area contributed by atoms with Gasteiger partial charge in [-0.15, -0.1) is 0 Å². The summed E-state index contributed by atoms with van der Waals surface area (Å²) in [6.07, 6.45) is -4.55. The lowest BCUT2D eigenvalue weighted by Crippen LogP contribution is -2.26. The zero-order valence-electron chi connectivity index (χ0n) is 18.4. The molecular weight excluding hydrogens is 455 g/mol. The Kier molecular flexibility index (Phi) is 6.80. The van der Waals surface area contributed by atoms with Crippen LogP contribution in [0.2, 0.25) is 0 Å². The van der Waals surface area contributed by atoms with Crippen molar-refractivity contribution in [2.75, 3.05) is 19.5 Å². The Morgan fingerprint density at radius 2 is 1.56 bits per heavy atom. The van der Waals surface area contributed by atoms with Crippen molar-refractivity contribution in [3.63, 3.8) is 0 Å². The number of amides is 1. The van der Waals surface area contributed by atoms with E-state index in [-0.39, 0.29) is 46.1 Å². The molecular formula is C24H20F3NO6. The number of ether oxygens (including phenoxy) is 2. The van der Waals surface area contributed by atoms with Crippen molar-refractivity contribution in [1.29, 1.82) is 0 Å². The number of benzene rings is 2. The Morgan fingerprint density at radius 3 is 2.12 bits per heavy atom. The summed E-state index contributed by atoms with van der Waals surface area (Å²) in [5.41, 5.74) is -0.204. The SMILES string of the molecule is COC1=C(OC)C(=O)C(Cc2ccc(O)c(C(=O)Nc3ccc(C(F)(F)F)cc3)c2)=C(C)C1=O. The van der Waals surface area contributed by atoms with Crippen LogP contribution in [-0.4, -0.2) is 36.8 Å². The number of carbonyl (C=O) groups excluding carboxylic acids is 3. The fraction of sp³-hybridized carbons (Fsp3) is 0.208. The van der Waals surface area contributed by atoms with E-state index in [1.807, 2.05) is 0 Å². The summed E-state index contributed by atoms with van der Waals surface area (Å²) in [7, 11) is 2.49. The Morgan fingerprint density at radius 1 is 0.971 bits per heavy atom. The lowest BCUT2D eigenvalue weighted by Gasteiger charge is -2.20. The number of hydrogen-bond acceptors (Lipinski definition) is 6. The van der Waals surface area contributed by atoms with Gasteiger partial charge < -0.3 is 19.9 Å². The van der Waals surface area contributed by atoms with Gasteiger partial charge >= 0.3 is 6.18 Å². The Bertz CT molecular complexity index is 1230. The van der Waals surface area contributed by atoms with Crippen molar-refractivity contribution < 1.29 is 42.1 Å². The molecule has 1 aliphatic rings. The minimum Gasteiger partial charge on any atom is -0.507 e. The van der Waals surface area contributed by atoms with Gasteiger partial charge in [0, 0.05) is 23.3 Å². The molecule has 0 heterocycles. The van der Waals surface area contributed by atoms with E-state index in [0.717, 1.165) is 24.3 Å². The van der Waals surface area contributed by atoms with Crippen molar-refractivity contribution in [2.24, 2.45) is 0 Å². The maximum Gasteiger partial charge on any atom is 0.416 e. The molecule has 2 aromatic carbocycles. The third kappa shape index (κ3) is 4.80. The van der Waals surface area contributed by atoms with Crippen LogP contribution in [0.1, 0.15) is 28.4 Å². The fourth-order valence-electron chi connectivity index (χ4n) is 3.42. The quantitative estimate of drug-likeness (QED) is 0.608. The number of aromatic hydroxyl groups is 1. The van der Waals surface area contributed by atoms with E-state index in [4.69, 9.17) is 9.47 Å². The number of carbonyl (C=O) groups is 3. The second kappa shape index (κ2) is 9.42. The monoisotopic (exact) mass is 475 g/mol. The van der Waals surface area contributed by atoms with Crippen LogP contribution in [0, 0.1) is 0 Å². The van der Waals surface area contributed by atoms with Crippen molar-refractivity contribution in [3.05, 3.63) is 81.8 Å². The number of halogens is 3. The molecule has 34 heavy (non-hydrogen) atoms. The molecule has 2 aromatic rings. The average molecular weight is 475 g/mol. The molecule has 0 unspecified atom stereocenters. The van der Waals surface area contributed by atoms with Gasteiger partial charge in [0.05, 0.1) is 25.3 Å². The predicted octanol–water partition coefficient (Wildman–Crippen LogP) is 4.18. The number of ketones is 2. The third-order valence-electron chi connectivity index (χ3n) is 5.25. The zero-order chi connectivity index (χ0) is 25.2. The number of phenols is 1. The molecule has 0 fully saturated rings. The first-order valence-electron chi connectivity index (χ1n) is 9.89. The number of Topliss-reactive ketones (excluding diaryl/α,β-unsaturated/α-hetero) is 2. The van der Waals surface area contributed by atoms with Crippen molar-refractivity contribution >= 4 is 23.2 Å². The first-order chi connectivity index (χ1) is 16.0. The summed E-state index contributed by atoms with van der Waals surface area (Å²) in [5, 5.41) is 12.6. The van der Waals surface area contributed by atoms with Crippen molar-refractivity contribution in [2.45, 2.75) is 19.5 Å². The molecule has 1 aliphatic carbocycles. The van der Waals surface area contributed by atoms with E-state index >= 15 is 0 Å². The Balaban J connectivity index is 1.85. The van der Waals surface area contributed by atoms with Gasteiger partial charge in [-0.3, -0.25) is 14.4 Å². The van der Waals surface area contributed by atoms with E-state index in [0.29, 0.717) is 5.56 Å². The van der Waals surface area contributed by atoms with Crippen LogP contribution in [0.3, 0.4) is 0 Å². The molecule has 178 valence electrons. The van der Waals surface area contributed by atoms with Gasteiger partial charge in [0.1, 0.15) is 5.75 Å². The predicted molar refractivity (Wildman–Crippen MR) is 115 cm³/mol. The summed E-state index contributed by atoms with van der Waals surface area (Å²) in [6.45, 7) is 1.47. The van der Waals surface area contributed by atoms with Gasteiger partial charge in [-0.2, -0.15) is 13.2 Å². The van der Waals surface area contributed by atoms with Gasteiger partial charge in [0.2, 0.25) is 23.1 Å². The lowest BCUT2D eigenvalue weighted by atomic mass is 9.88. The number of allylic oxidation sites excluding steroid dienone is 2. The van der Waals surface area contributed by atoms with Gasteiger partial charge in [-0.1, -0.05) is 6.07 Å². The van der Waals surface area contributed by atoms with Gasteiger partial charge in [-0.05, 0) is 48.9 Å². The molecule has 7 nitrogen and oxygen atoms in total. The Hall–Kier alpha value is -4.08.